The van der Waals surface area contributed by atoms with E-state index in [9.17, 15) is 0 Å². The summed E-state index contributed by atoms with van der Waals surface area (Å²) >= 11 is 0. The van der Waals surface area contributed by atoms with Gasteiger partial charge in [-0.1, -0.05) is 39.3 Å². The minimum Gasteiger partial charge on any atom is -0.508 e. The number of phenols is 1. The van der Waals surface area contributed by atoms with Crippen LogP contribution in [0.15, 0.2) is 24.3 Å². The van der Waals surface area contributed by atoms with Gasteiger partial charge < -0.3 is 5.11 Å². The Labute approximate surface area is 95.7 Å². The predicted molar refractivity (Wildman–Crippen MR) is 71.3 cm³/mol. The zero-order valence-electron chi connectivity index (χ0n) is 10.2. The average Bonchev–Trinajstić information content (AvgIpc) is 2.30. The van der Waals surface area contributed by atoms with Crippen LogP contribution >= 0.6 is 8.58 Å². The molecule has 0 aliphatic carbocycles. The number of hydrogen-bond acceptors (Lipinski definition) is 1. The standard InChI is InChI=1S/C11H17OP.C2H6/c1-3-4-11(13-2)9-5-7-10(12)8-6-9;1-2/h5-8,11-13H,3-4H2,1-2H3;1-2H3. The maximum atomic E-state index is 9.14. The summed E-state index contributed by atoms with van der Waals surface area (Å²) < 4.78 is 0. The van der Waals surface area contributed by atoms with Crippen molar-refractivity contribution in [3.05, 3.63) is 29.8 Å². The van der Waals surface area contributed by atoms with Crippen molar-refractivity contribution < 1.29 is 5.11 Å². The van der Waals surface area contributed by atoms with Crippen molar-refractivity contribution in [2.75, 3.05) is 6.66 Å². The van der Waals surface area contributed by atoms with Crippen molar-refractivity contribution in [3.8, 4) is 5.75 Å². The number of rotatable bonds is 4. The second-order valence-electron chi connectivity index (χ2n) is 3.22. The first-order valence-corrected chi connectivity index (χ1v) is 7.32. The molecule has 0 saturated heterocycles. The van der Waals surface area contributed by atoms with Gasteiger partial charge in [0.15, 0.2) is 0 Å². The van der Waals surface area contributed by atoms with E-state index in [0.29, 0.717) is 11.4 Å². The van der Waals surface area contributed by atoms with E-state index in [1.165, 1.54) is 18.4 Å². The Morgan fingerprint density at radius 1 is 1.20 bits per heavy atom. The molecule has 1 N–H and O–H groups in total. The molecule has 2 unspecified atom stereocenters. The van der Waals surface area contributed by atoms with Crippen LogP contribution in [-0.2, 0) is 0 Å². The summed E-state index contributed by atoms with van der Waals surface area (Å²) in [5.41, 5.74) is 2.05. The molecule has 0 aliphatic rings. The fraction of sp³-hybridized carbons (Fsp3) is 0.538. The molecule has 0 spiro atoms. The Balaban J connectivity index is 0.000000921. The van der Waals surface area contributed by atoms with Gasteiger partial charge in [-0.3, -0.25) is 0 Å². The first kappa shape index (κ1) is 14.5. The lowest BCUT2D eigenvalue weighted by Gasteiger charge is -2.13. The lowest BCUT2D eigenvalue weighted by molar-refractivity contribution is 0.475. The zero-order chi connectivity index (χ0) is 11.7. The second kappa shape index (κ2) is 8.73. The van der Waals surface area contributed by atoms with Gasteiger partial charge in [-0.05, 0) is 30.8 Å². The number of hydrogen-bond donors (Lipinski definition) is 1. The van der Waals surface area contributed by atoms with Gasteiger partial charge in [0.2, 0.25) is 0 Å². The molecule has 0 aliphatic heterocycles. The van der Waals surface area contributed by atoms with Crippen LogP contribution in [0.3, 0.4) is 0 Å². The topological polar surface area (TPSA) is 20.2 Å². The SMILES string of the molecule is CC.CCCC(PC)c1ccc(O)cc1. The van der Waals surface area contributed by atoms with Crippen molar-refractivity contribution in [2.24, 2.45) is 0 Å². The van der Waals surface area contributed by atoms with Crippen LogP contribution in [0.4, 0.5) is 0 Å². The molecule has 0 fully saturated rings. The average molecular weight is 226 g/mol. The molecule has 1 aromatic rings. The summed E-state index contributed by atoms with van der Waals surface area (Å²) in [6, 6.07) is 7.62. The van der Waals surface area contributed by atoms with E-state index in [0.717, 1.165) is 8.58 Å². The van der Waals surface area contributed by atoms with Crippen molar-refractivity contribution in [1.29, 1.82) is 0 Å². The number of phenolic OH excluding ortho intramolecular Hbond substituents is 1. The number of benzene rings is 1. The van der Waals surface area contributed by atoms with Gasteiger partial charge in [-0.25, -0.2) is 0 Å². The van der Waals surface area contributed by atoms with Gasteiger partial charge in [0.05, 0.1) is 0 Å². The van der Waals surface area contributed by atoms with E-state index in [2.05, 4.69) is 13.6 Å². The molecule has 0 radical (unpaired) electrons. The Hall–Kier alpha value is -0.550. The van der Waals surface area contributed by atoms with E-state index in [1.54, 1.807) is 12.1 Å². The highest BCUT2D eigenvalue weighted by Gasteiger charge is 2.07. The fourth-order valence-corrected chi connectivity index (χ4v) is 2.58. The first-order valence-electron chi connectivity index (χ1n) is 5.74. The molecule has 0 saturated carbocycles. The van der Waals surface area contributed by atoms with Crippen LogP contribution in [0, 0.1) is 0 Å². The Morgan fingerprint density at radius 3 is 2.13 bits per heavy atom. The van der Waals surface area contributed by atoms with Gasteiger partial charge in [0.25, 0.3) is 0 Å². The largest absolute Gasteiger partial charge is 0.508 e. The molecule has 15 heavy (non-hydrogen) atoms. The van der Waals surface area contributed by atoms with Crippen LogP contribution in [0.2, 0.25) is 0 Å². The van der Waals surface area contributed by atoms with E-state index >= 15 is 0 Å². The fourth-order valence-electron chi connectivity index (χ4n) is 1.47. The maximum Gasteiger partial charge on any atom is 0.115 e. The van der Waals surface area contributed by atoms with Crippen LogP contribution < -0.4 is 0 Å². The van der Waals surface area contributed by atoms with Gasteiger partial charge in [-0.2, -0.15) is 0 Å². The first-order chi connectivity index (χ1) is 7.27. The van der Waals surface area contributed by atoms with E-state index in [1.807, 2.05) is 26.0 Å². The molecule has 86 valence electrons. The Bertz CT molecular complexity index is 243. The smallest absolute Gasteiger partial charge is 0.115 e. The maximum absolute atomic E-state index is 9.14. The molecule has 1 rings (SSSR count). The van der Waals surface area contributed by atoms with Gasteiger partial charge in [0.1, 0.15) is 5.75 Å². The van der Waals surface area contributed by atoms with Crippen molar-refractivity contribution >= 4 is 8.58 Å². The van der Waals surface area contributed by atoms with Gasteiger partial charge in [0, 0.05) is 5.66 Å². The van der Waals surface area contributed by atoms with Crippen LogP contribution in [-0.4, -0.2) is 11.8 Å². The van der Waals surface area contributed by atoms with E-state index in [-0.39, 0.29) is 0 Å². The quantitative estimate of drug-likeness (QED) is 0.746. The van der Waals surface area contributed by atoms with Crippen LogP contribution in [0.1, 0.15) is 44.8 Å². The monoisotopic (exact) mass is 226 g/mol. The zero-order valence-corrected chi connectivity index (χ0v) is 11.2. The molecule has 0 aromatic heterocycles. The molecular weight excluding hydrogens is 203 g/mol. The summed E-state index contributed by atoms with van der Waals surface area (Å²) in [4.78, 5) is 0. The summed E-state index contributed by atoms with van der Waals surface area (Å²) in [7, 11) is 0.948. The third kappa shape index (κ3) is 5.18. The minimum absolute atomic E-state index is 0.360. The lowest BCUT2D eigenvalue weighted by Crippen LogP contribution is -1.90. The summed E-state index contributed by atoms with van der Waals surface area (Å²) in [6.45, 7) is 8.46. The molecular formula is C13H23OP. The normalized spacial score (nSPS) is 12.3. The Kier molecular flexibility index (Phi) is 8.41. The minimum atomic E-state index is 0.360. The molecule has 0 bridgehead atoms. The van der Waals surface area contributed by atoms with Crippen molar-refractivity contribution in [2.45, 2.75) is 39.3 Å². The highest BCUT2D eigenvalue weighted by molar-refractivity contribution is 7.37. The summed E-state index contributed by atoms with van der Waals surface area (Å²) in [5, 5.41) is 9.14. The van der Waals surface area contributed by atoms with Gasteiger partial charge in [-0.15, -0.1) is 8.58 Å². The van der Waals surface area contributed by atoms with Crippen molar-refractivity contribution in [3.63, 3.8) is 0 Å². The van der Waals surface area contributed by atoms with E-state index < -0.39 is 0 Å². The van der Waals surface area contributed by atoms with Gasteiger partial charge >= 0.3 is 0 Å². The molecule has 2 heteroatoms. The molecule has 1 aromatic carbocycles. The molecule has 0 amide bonds. The molecule has 1 nitrogen and oxygen atoms in total. The Morgan fingerprint density at radius 2 is 1.73 bits per heavy atom. The highest BCUT2D eigenvalue weighted by Crippen LogP contribution is 2.36. The summed E-state index contributed by atoms with van der Waals surface area (Å²) in [6.07, 6.45) is 2.48. The lowest BCUT2D eigenvalue weighted by atomic mass is 10.1. The van der Waals surface area contributed by atoms with Crippen molar-refractivity contribution in [1.82, 2.24) is 0 Å². The van der Waals surface area contributed by atoms with E-state index in [4.69, 9.17) is 5.11 Å². The molecule has 2 atom stereocenters. The number of aromatic hydroxyl groups is 1. The third-order valence-electron chi connectivity index (χ3n) is 2.22. The van der Waals surface area contributed by atoms with Crippen LogP contribution in [0.5, 0.6) is 5.75 Å². The highest BCUT2D eigenvalue weighted by atomic mass is 31.1. The molecule has 0 heterocycles. The summed E-state index contributed by atoms with van der Waals surface area (Å²) in [5.74, 6) is 0.360. The van der Waals surface area contributed by atoms with Crippen LogP contribution in [0.25, 0.3) is 0 Å². The third-order valence-corrected chi connectivity index (χ3v) is 3.54. The predicted octanol–water partition coefficient (Wildman–Crippen LogP) is 4.57. The second-order valence-corrected chi connectivity index (χ2v) is 4.50.